The molecule has 0 unspecified atom stereocenters. The minimum Gasteiger partial charge on any atom is -0.452 e. The van der Waals surface area contributed by atoms with E-state index in [1.165, 1.54) is 0 Å². The van der Waals surface area contributed by atoms with Crippen LogP contribution in [0.3, 0.4) is 0 Å². The smallest absolute Gasteiger partial charge is 0.421 e. The Bertz CT molecular complexity index is 281. The maximum atomic E-state index is 11.1. The van der Waals surface area contributed by atoms with Crippen molar-refractivity contribution in [3.63, 3.8) is 0 Å². The van der Waals surface area contributed by atoms with Crippen LogP contribution in [-0.2, 0) is 14.9 Å². The first-order valence-electron chi connectivity index (χ1n) is 4.43. The normalized spacial score (nSPS) is 11.1. The number of nitrogens with one attached hydrogen (secondary N) is 2. The fourth-order valence-electron chi connectivity index (χ4n) is 0.790. The van der Waals surface area contributed by atoms with Gasteiger partial charge in [0.1, 0.15) is 0 Å². The van der Waals surface area contributed by atoms with Crippen LogP contribution in [0, 0.1) is 0 Å². The molecule has 8 heteroatoms. The molecule has 0 aliphatic rings. The van der Waals surface area contributed by atoms with E-state index in [1.54, 1.807) is 4.72 Å². The van der Waals surface area contributed by atoms with Gasteiger partial charge in [0.15, 0.2) is 0 Å². The SMILES string of the molecule is COC(=O)NS(=O)(=O)NCCCCCCl. The van der Waals surface area contributed by atoms with Gasteiger partial charge in [-0.25, -0.2) is 9.52 Å². The molecule has 15 heavy (non-hydrogen) atoms. The van der Waals surface area contributed by atoms with Crippen molar-refractivity contribution in [3.8, 4) is 0 Å². The summed E-state index contributed by atoms with van der Waals surface area (Å²) >= 11 is 5.45. The molecule has 0 aliphatic heterocycles. The summed E-state index contributed by atoms with van der Waals surface area (Å²) in [6.07, 6.45) is 1.34. The van der Waals surface area contributed by atoms with Crippen LogP contribution in [0.5, 0.6) is 0 Å². The number of carbonyl (C=O) groups excluding carboxylic acids is 1. The zero-order valence-corrected chi connectivity index (χ0v) is 10.0. The second-order valence-electron chi connectivity index (χ2n) is 2.74. The molecule has 0 spiro atoms. The minimum absolute atomic E-state index is 0.267. The van der Waals surface area contributed by atoms with Crippen molar-refractivity contribution in [3.05, 3.63) is 0 Å². The summed E-state index contributed by atoms with van der Waals surface area (Å²) in [4.78, 5) is 10.6. The van der Waals surface area contributed by atoms with Crippen molar-refractivity contribution in [2.45, 2.75) is 19.3 Å². The van der Waals surface area contributed by atoms with Gasteiger partial charge in [-0.3, -0.25) is 0 Å². The molecule has 0 bridgehead atoms. The fourth-order valence-corrected chi connectivity index (χ4v) is 1.77. The zero-order chi connectivity index (χ0) is 11.7. The maximum absolute atomic E-state index is 11.1. The Kier molecular flexibility index (Phi) is 7.45. The summed E-state index contributed by atoms with van der Waals surface area (Å²) < 4.78 is 30.2. The van der Waals surface area contributed by atoms with E-state index < -0.39 is 16.3 Å². The average Bonchev–Trinajstić information content (AvgIpc) is 2.16. The number of amides is 1. The lowest BCUT2D eigenvalue weighted by Gasteiger charge is -2.06. The first-order chi connectivity index (χ1) is 7.02. The molecular weight excluding hydrogens is 244 g/mol. The highest BCUT2D eigenvalue weighted by Crippen LogP contribution is 1.95. The summed E-state index contributed by atoms with van der Waals surface area (Å²) in [5.41, 5.74) is 0. The molecule has 0 fully saturated rings. The van der Waals surface area contributed by atoms with E-state index >= 15 is 0 Å². The van der Waals surface area contributed by atoms with E-state index in [4.69, 9.17) is 11.6 Å². The largest absolute Gasteiger partial charge is 0.452 e. The molecule has 0 aromatic carbocycles. The van der Waals surface area contributed by atoms with Crippen LogP contribution in [0.4, 0.5) is 4.79 Å². The molecule has 0 aromatic rings. The molecule has 0 aliphatic carbocycles. The lowest BCUT2D eigenvalue weighted by molar-refractivity contribution is 0.177. The van der Waals surface area contributed by atoms with Gasteiger partial charge in [-0.1, -0.05) is 6.42 Å². The Morgan fingerprint density at radius 2 is 2.00 bits per heavy atom. The predicted molar refractivity (Wildman–Crippen MR) is 57.0 cm³/mol. The molecule has 2 N–H and O–H groups in total. The Labute approximate surface area is 94.5 Å². The number of alkyl halides is 1. The lowest BCUT2D eigenvalue weighted by Crippen LogP contribution is -2.40. The number of hydrogen-bond donors (Lipinski definition) is 2. The molecule has 6 nitrogen and oxygen atoms in total. The zero-order valence-electron chi connectivity index (χ0n) is 8.45. The van der Waals surface area contributed by atoms with E-state index in [0.29, 0.717) is 12.3 Å². The van der Waals surface area contributed by atoms with E-state index in [1.807, 2.05) is 0 Å². The van der Waals surface area contributed by atoms with Gasteiger partial charge in [-0.05, 0) is 12.8 Å². The molecule has 0 heterocycles. The standard InChI is InChI=1S/C7H15ClN2O4S/c1-14-7(11)10-15(12,13)9-6-4-2-3-5-8/h9H,2-6H2,1H3,(H,10,11). The fraction of sp³-hybridized carbons (Fsp3) is 0.857. The van der Waals surface area contributed by atoms with Crippen molar-refractivity contribution in [1.82, 2.24) is 9.44 Å². The van der Waals surface area contributed by atoms with E-state index in [2.05, 4.69) is 9.46 Å². The van der Waals surface area contributed by atoms with E-state index in [0.717, 1.165) is 20.0 Å². The number of rotatable bonds is 7. The van der Waals surface area contributed by atoms with Crippen LogP contribution in [0.15, 0.2) is 0 Å². The van der Waals surface area contributed by atoms with Gasteiger partial charge in [-0.2, -0.15) is 13.1 Å². The number of halogens is 1. The van der Waals surface area contributed by atoms with Gasteiger partial charge in [-0.15, -0.1) is 11.6 Å². The van der Waals surface area contributed by atoms with Crippen LogP contribution < -0.4 is 9.44 Å². The van der Waals surface area contributed by atoms with Crippen LogP contribution in [-0.4, -0.2) is 34.0 Å². The number of methoxy groups -OCH3 is 1. The van der Waals surface area contributed by atoms with Gasteiger partial charge in [0.2, 0.25) is 0 Å². The van der Waals surface area contributed by atoms with Crippen LogP contribution in [0.25, 0.3) is 0 Å². The molecule has 0 rings (SSSR count). The molecule has 0 saturated carbocycles. The second kappa shape index (κ2) is 7.72. The summed E-state index contributed by atoms with van der Waals surface area (Å²) in [5.74, 6) is 0.563. The number of unbranched alkanes of at least 4 members (excludes halogenated alkanes) is 2. The molecule has 0 saturated heterocycles. The van der Waals surface area contributed by atoms with Gasteiger partial charge in [0.25, 0.3) is 0 Å². The summed E-state index contributed by atoms with van der Waals surface area (Å²) in [6.45, 7) is 0.267. The molecule has 0 radical (unpaired) electrons. The molecule has 1 amide bonds. The van der Waals surface area contributed by atoms with Crippen molar-refractivity contribution >= 4 is 27.9 Å². The number of hydrogen-bond acceptors (Lipinski definition) is 4. The predicted octanol–water partition coefficient (Wildman–Crippen LogP) is 0.586. The molecule has 0 aromatic heterocycles. The molecule has 0 atom stereocenters. The molecule has 90 valence electrons. The van der Waals surface area contributed by atoms with E-state index in [-0.39, 0.29) is 6.54 Å². The second-order valence-corrected chi connectivity index (χ2v) is 4.62. The third kappa shape index (κ3) is 8.46. The highest BCUT2D eigenvalue weighted by molar-refractivity contribution is 7.88. The highest BCUT2D eigenvalue weighted by Gasteiger charge is 2.12. The van der Waals surface area contributed by atoms with Crippen LogP contribution in [0.1, 0.15) is 19.3 Å². The summed E-state index contributed by atoms with van der Waals surface area (Å²) in [7, 11) is -2.70. The first-order valence-corrected chi connectivity index (χ1v) is 6.45. The van der Waals surface area contributed by atoms with Gasteiger partial charge >= 0.3 is 16.3 Å². The Morgan fingerprint density at radius 3 is 2.53 bits per heavy atom. The van der Waals surface area contributed by atoms with Crippen molar-refractivity contribution in [1.29, 1.82) is 0 Å². The number of ether oxygens (including phenoxy) is 1. The van der Waals surface area contributed by atoms with Gasteiger partial charge < -0.3 is 4.74 Å². The van der Waals surface area contributed by atoms with Gasteiger partial charge in [0, 0.05) is 12.4 Å². The highest BCUT2D eigenvalue weighted by atomic mass is 35.5. The monoisotopic (exact) mass is 258 g/mol. The van der Waals surface area contributed by atoms with E-state index in [9.17, 15) is 13.2 Å². The molecular formula is C7H15ClN2O4S. The lowest BCUT2D eigenvalue weighted by atomic mass is 10.2. The Morgan fingerprint density at radius 1 is 1.33 bits per heavy atom. The van der Waals surface area contributed by atoms with Crippen LogP contribution >= 0.6 is 11.6 Å². The third-order valence-corrected chi connectivity index (χ3v) is 2.79. The van der Waals surface area contributed by atoms with Crippen molar-refractivity contribution < 1.29 is 17.9 Å². The Hall–Kier alpha value is -0.530. The quantitative estimate of drug-likeness (QED) is 0.517. The van der Waals surface area contributed by atoms with Crippen molar-refractivity contribution in [2.75, 3.05) is 19.5 Å². The minimum atomic E-state index is -3.79. The van der Waals surface area contributed by atoms with Crippen LogP contribution in [0.2, 0.25) is 0 Å². The Balaban J connectivity index is 3.70. The summed E-state index contributed by atoms with van der Waals surface area (Å²) in [5, 5.41) is 0. The first kappa shape index (κ1) is 14.5. The summed E-state index contributed by atoms with van der Waals surface area (Å²) in [6, 6.07) is 0. The van der Waals surface area contributed by atoms with Crippen molar-refractivity contribution in [2.24, 2.45) is 0 Å². The maximum Gasteiger partial charge on any atom is 0.421 e. The number of carbonyl (C=O) groups is 1. The third-order valence-electron chi connectivity index (χ3n) is 1.51. The topological polar surface area (TPSA) is 84.5 Å². The average molecular weight is 259 g/mol. The van der Waals surface area contributed by atoms with Gasteiger partial charge in [0.05, 0.1) is 7.11 Å².